The van der Waals surface area contributed by atoms with Crippen LogP contribution in [0.15, 0.2) is 4.99 Å². The first kappa shape index (κ1) is 19.0. The van der Waals surface area contributed by atoms with Gasteiger partial charge in [-0.25, -0.2) is 0 Å². The SMILES string of the molecule is CN=C(NCCCOCC1CC1)N(C)CC1CCOC1.I. The van der Waals surface area contributed by atoms with E-state index in [0.29, 0.717) is 5.92 Å². The molecule has 0 aromatic rings. The van der Waals surface area contributed by atoms with Crippen molar-refractivity contribution in [3.63, 3.8) is 0 Å². The number of halogens is 1. The van der Waals surface area contributed by atoms with Crippen molar-refractivity contribution in [3.05, 3.63) is 0 Å². The average molecular weight is 411 g/mol. The summed E-state index contributed by atoms with van der Waals surface area (Å²) in [6, 6.07) is 0. The maximum Gasteiger partial charge on any atom is 0.193 e. The second kappa shape index (κ2) is 10.6. The Bertz CT molecular complexity index is 305. The van der Waals surface area contributed by atoms with E-state index >= 15 is 0 Å². The molecule has 124 valence electrons. The Labute approximate surface area is 145 Å². The van der Waals surface area contributed by atoms with E-state index in [-0.39, 0.29) is 24.0 Å². The van der Waals surface area contributed by atoms with Crippen molar-refractivity contribution in [2.24, 2.45) is 16.8 Å². The van der Waals surface area contributed by atoms with E-state index in [9.17, 15) is 0 Å². The molecular formula is C15H30IN3O2. The van der Waals surface area contributed by atoms with Crippen molar-refractivity contribution >= 4 is 29.9 Å². The van der Waals surface area contributed by atoms with Gasteiger partial charge in [-0.3, -0.25) is 4.99 Å². The van der Waals surface area contributed by atoms with Crippen LogP contribution in [-0.4, -0.2) is 64.5 Å². The van der Waals surface area contributed by atoms with Gasteiger partial charge in [0.1, 0.15) is 0 Å². The number of nitrogens with one attached hydrogen (secondary N) is 1. The van der Waals surface area contributed by atoms with E-state index < -0.39 is 0 Å². The Kier molecular flexibility index (Phi) is 9.59. The van der Waals surface area contributed by atoms with Gasteiger partial charge >= 0.3 is 0 Å². The topological polar surface area (TPSA) is 46.1 Å². The van der Waals surface area contributed by atoms with Crippen molar-refractivity contribution in [1.82, 2.24) is 10.2 Å². The van der Waals surface area contributed by atoms with Gasteiger partial charge in [0.2, 0.25) is 0 Å². The molecule has 21 heavy (non-hydrogen) atoms. The molecule has 1 N–H and O–H groups in total. The van der Waals surface area contributed by atoms with Crippen LogP contribution in [0.5, 0.6) is 0 Å². The van der Waals surface area contributed by atoms with Gasteiger partial charge in [-0.2, -0.15) is 0 Å². The van der Waals surface area contributed by atoms with Crippen molar-refractivity contribution in [2.45, 2.75) is 25.7 Å². The molecule has 5 nitrogen and oxygen atoms in total. The molecule has 1 atom stereocenters. The van der Waals surface area contributed by atoms with Gasteiger partial charge in [0.15, 0.2) is 5.96 Å². The van der Waals surface area contributed by atoms with Crippen molar-refractivity contribution in [1.29, 1.82) is 0 Å². The summed E-state index contributed by atoms with van der Waals surface area (Å²) in [7, 11) is 3.94. The van der Waals surface area contributed by atoms with E-state index in [4.69, 9.17) is 9.47 Å². The van der Waals surface area contributed by atoms with E-state index in [1.165, 1.54) is 12.8 Å². The molecule has 1 aliphatic heterocycles. The van der Waals surface area contributed by atoms with E-state index in [2.05, 4.69) is 22.3 Å². The van der Waals surface area contributed by atoms with Crippen molar-refractivity contribution < 1.29 is 9.47 Å². The summed E-state index contributed by atoms with van der Waals surface area (Å²) < 4.78 is 11.0. The standard InChI is InChI=1S/C15H29N3O2.HI/c1-16-15(18(2)10-14-6-9-20-12-14)17-7-3-8-19-11-13-4-5-13;/h13-14H,3-12H2,1-2H3,(H,16,17);1H. The second-order valence-electron chi connectivity index (χ2n) is 5.96. The highest BCUT2D eigenvalue weighted by Crippen LogP contribution is 2.28. The summed E-state index contributed by atoms with van der Waals surface area (Å²) in [5.41, 5.74) is 0. The number of nitrogens with zero attached hydrogens (tertiary/aromatic N) is 2. The van der Waals surface area contributed by atoms with Crippen LogP contribution in [0, 0.1) is 11.8 Å². The molecule has 1 heterocycles. The molecule has 1 saturated heterocycles. The lowest BCUT2D eigenvalue weighted by atomic mass is 10.1. The summed E-state index contributed by atoms with van der Waals surface area (Å²) in [4.78, 5) is 6.53. The van der Waals surface area contributed by atoms with Crippen LogP contribution in [-0.2, 0) is 9.47 Å². The van der Waals surface area contributed by atoms with Crippen LogP contribution in [0.1, 0.15) is 25.7 Å². The molecule has 0 aromatic heterocycles. The lowest BCUT2D eigenvalue weighted by Gasteiger charge is -2.24. The van der Waals surface area contributed by atoms with Gasteiger partial charge in [0.05, 0.1) is 6.61 Å². The quantitative estimate of drug-likeness (QED) is 0.287. The molecule has 2 aliphatic rings. The van der Waals surface area contributed by atoms with Crippen molar-refractivity contribution in [3.8, 4) is 0 Å². The molecule has 1 aliphatic carbocycles. The predicted octanol–water partition coefficient (Wildman–Crippen LogP) is 1.96. The lowest BCUT2D eigenvalue weighted by Crippen LogP contribution is -2.42. The van der Waals surface area contributed by atoms with E-state index in [0.717, 1.165) is 64.2 Å². The highest BCUT2D eigenvalue weighted by Gasteiger charge is 2.21. The molecule has 1 unspecified atom stereocenters. The van der Waals surface area contributed by atoms with E-state index in [1.54, 1.807) is 0 Å². The molecule has 1 saturated carbocycles. The van der Waals surface area contributed by atoms with Crippen molar-refractivity contribution in [2.75, 3.05) is 53.6 Å². The predicted molar refractivity (Wildman–Crippen MR) is 96.5 cm³/mol. The van der Waals surface area contributed by atoms with Gasteiger partial charge in [0, 0.05) is 52.9 Å². The maximum atomic E-state index is 5.63. The molecule has 0 bridgehead atoms. The number of guanidine groups is 1. The molecule has 2 rings (SSSR count). The first-order chi connectivity index (χ1) is 9.79. The average Bonchev–Trinajstić information content (AvgIpc) is 3.13. The van der Waals surface area contributed by atoms with Crippen LogP contribution in [0.3, 0.4) is 0 Å². The van der Waals surface area contributed by atoms with Gasteiger partial charge in [-0.15, -0.1) is 24.0 Å². The largest absolute Gasteiger partial charge is 0.381 e. The minimum atomic E-state index is 0. The van der Waals surface area contributed by atoms with Crippen LogP contribution in [0.2, 0.25) is 0 Å². The van der Waals surface area contributed by atoms with Gasteiger partial charge in [0.25, 0.3) is 0 Å². The van der Waals surface area contributed by atoms with Crippen LogP contribution >= 0.6 is 24.0 Å². The van der Waals surface area contributed by atoms with Gasteiger partial charge in [-0.1, -0.05) is 0 Å². The highest BCUT2D eigenvalue weighted by atomic mass is 127. The Morgan fingerprint density at radius 2 is 2.14 bits per heavy atom. The molecule has 0 radical (unpaired) electrons. The fourth-order valence-electron chi connectivity index (χ4n) is 2.49. The van der Waals surface area contributed by atoms with Crippen LogP contribution in [0.4, 0.5) is 0 Å². The molecule has 2 fully saturated rings. The number of ether oxygens (including phenoxy) is 2. The first-order valence-electron chi connectivity index (χ1n) is 7.87. The molecule has 0 aromatic carbocycles. The molecule has 0 spiro atoms. The Morgan fingerprint density at radius 3 is 2.76 bits per heavy atom. The minimum absolute atomic E-state index is 0. The van der Waals surface area contributed by atoms with Gasteiger partial charge < -0.3 is 19.7 Å². The molecular weight excluding hydrogens is 381 g/mol. The third kappa shape index (κ3) is 7.65. The summed E-state index contributed by atoms with van der Waals surface area (Å²) in [6.07, 6.45) is 4.92. The van der Waals surface area contributed by atoms with Crippen LogP contribution in [0.25, 0.3) is 0 Å². The lowest BCUT2D eigenvalue weighted by molar-refractivity contribution is 0.122. The summed E-state index contributed by atoms with van der Waals surface area (Å²) in [6.45, 7) is 5.52. The number of aliphatic imine (C=N–C) groups is 1. The Hall–Kier alpha value is -0.0800. The monoisotopic (exact) mass is 411 g/mol. The fourth-order valence-corrected chi connectivity index (χ4v) is 2.49. The highest BCUT2D eigenvalue weighted by molar-refractivity contribution is 14.0. The first-order valence-corrected chi connectivity index (χ1v) is 7.87. The third-order valence-electron chi connectivity index (χ3n) is 3.93. The smallest absolute Gasteiger partial charge is 0.193 e. The zero-order valence-electron chi connectivity index (χ0n) is 13.3. The number of hydrogen-bond acceptors (Lipinski definition) is 3. The zero-order chi connectivity index (χ0) is 14.2. The summed E-state index contributed by atoms with van der Waals surface area (Å²) in [5, 5.41) is 3.40. The Morgan fingerprint density at radius 1 is 1.33 bits per heavy atom. The maximum absolute atomic E-state index is 5.63. The van der Waals surface area contributed by atoms with Crippen LogP contribution < -0.4 is 5.32 Å². The molecule has 0 amide bonds. The fraction of sp³-hybridized carbons (Fsp3) is 0.933. The molecule has 6 heteroatoms. The van der Waals surface area contributed by atoms with Gasteiger partial charge in [-0.05, 0) is 31.6 Å². The second-order valence-corrected chi connectivity index (χ2v) is 5.96. The Balaban J connectivity index is 0.00000220. The summed E-state index contributed by atoms with van der Waals surface area (Å²) in [5.74, 6) is 2.47. The zero-order valence-corrected chi connectivity index (χ0v) is 15.7. The number of hydrogen-bond donors (Lipinski definition) is 1. The number of rotatable bonds is 8. The van der Waals surface area contributed by atoms with E-state index in [1.807, 2.05) is 7.05 Å². The normalized spacial score (nSPS) is 22.0. The summed E-state index contributed by atoms with van der Waals surface area (Å²) >= 11 is 0. The minimum Gasteiger partial charge on any atom is -0.381 e. The third-order valence-corrected chi connectivity index (χ3v) is 3.93.